The molecule has 0 aliphatic carbocycles. The minimum Gasteiger partial charge on any atom is -0.497 e. The second-order valence-corrected chi connectivity index (χ2v) is 9.45. The molecule has 0 saturated carbocycles. The minimum atomic E-state index is -4.36. The standard InChI is InChI=1S/C22H26N2O9S/c1-13-7-17(30-4)8-14(2)21(13)34(28,29)24(18(22(26)23-27)11-31-15(3)25)10-16-5-6-19-20(9-16)33-12-32-19/h5-9,18,27H,10-12H2,1-4H3,(H,23,26). The minimum absolute atomic E-state index is 0.0346. The van der Waals surface area contributed by atoms with Crippen molar-refractivity contribution in [3.63, 3.8) is 0 Å². The molecule has 1 aliphatic heterocycles. The molecular weight excluding hydrogens is 468 g/mol. The number of amides is 1. The lowest BCUT2D eigenvalue weighted by Crippen LogP contribution is -2.51. The molecule has 0 bridgehead atoms. The molecule has 1 atom stereocenters. The second-order valence-electron chi connectivity index (χ2n) is 7.62. The van der Waals surface area contributed by atoms with Gasteiger partial charge in [0.05, 0.1) is 12.0 Å². The molecule has 34 heavy (non-hydrogen) atoms. The molecule has 1 amide bonds. The Balaban J connectivity index is 2.13. The molecule has 184 valence electrons. The number of carbonyl (C=O) groups excluding carboxylic acids is 2. The van der Waals surface area contributed by atoms with Crippen LogP contribution in [0.25, 0.3) is 0 Å². The van der Waals surface area contributed by atoms with Crippen LogP contribution in [0.15, 0.2) is 35.2 Å². The molecule has 1 heterocycles. The number of carbonyl (C=O) groups is 2. The van der Waals surface area contributed by atoms with E-state index in [0.29, 0.717) is 33.9 Å². The first-order valence-electron chi connectivity index (χ1n) is 10.2. The van der Waals surface area contributed by atoms with Crippen LogP contribution in [0.4, 0.5) is 0 Å². The molecule has 11 nitrogen and oxygen atoms in total. The van der Waals surface area contributed by atoms with Crippen molar-refractivity contribution in [3.05, 3.63) is 47.0 Å². The van der Waals surface area contributed by atoms with E-state index < -0.39 is 34.5 Å². The average molecular weight is 495 g/mol. The molecule has 2 aromatic rings. The summed E-state index contributed by atoms with van der Waals surface area (Å²) in [4.78, 5) is 24.0. The highest BCUT2D eigenvalue weighted by atomic mass is 32.2. The van der Waals surface area contributed by atoms with E-state index >= 15 is 0 Å². The Morgan fingerprint density at radius 3 is 2.38 bits per heavy atom. The number of benzene rings is 2. The Morgan fingerprint density at radius 1 is 1.15 bits per heavy atom. The normalized spacial score (nSPS) is 13.5. The zero-order chi connectivity index (χ0) is 25.0. The van der Waals surface area contributed by atoms with E-state index in [2.05, 4.69) is 0 Å². The molecule has 3 rings (SSSR count). The SMILES string of the molecule is COc1cc(C)c(S(=O)(=O)N(Cc2ccc3c(c2)OCO3)C(COC(C)=O)C(=O)NO)c(C)c1. The van der Waals surface area contributed by atoms with Crippen molar-refractivity contribution in [2.75, 3.05) is 20.5 Å². The molecule has 1 unspecified atom stereocenters. The monoisotopic (exact) mass is 494 g/mol. The van der Waals surface area contributed by atoms with Crippen LogP contribution in [0.2, 0.25) is 0 Å². The Kier molecular flexibility index (Phi) is 7.64. The number of fused-ring (bicyclic) bond motifs is 1. The molecule has 12 heteroatoms. The predicted molar refractivity (Wildman–Crippen MR) is 118 cm³/mol. The Hall–Kier alpha value is -3.35. The number of hydroxylamine groups is 1. The van der Waals surface area contributed by atoms with E-state index in [9.17, 15) is 23.2 Å². The molecule has 1 aliphatic rings. The van der Waals surface area contributed by atoms with Crippen molar-refractivity contribution in [2.24, 2.45) is 0 Å². The van der Waals surface area contributed by atoms with Crippen LogP contribution >= 0.6 is 0 Å². The van der Waals surface area contributed by atoms with Crippen LogP contribution in [0.1, 0.15) is 23.6 Å². The third kappa shape index (κ3) is 5.24. The van der Waals surface area contributed by atoms with Crippen LogP contribution in [-0.2, 0) is 30.9 Å². The number of sulfonamides is 1. The van der Waals surface area contributed by atoms with Gasteiger partial charge in [-0.3, -0.25) is 14.8 Å². The van der Waals surface area contributed by atoms with Crippen molar-refractivity contribution in [1.82, 2.24) is 9.79 Å². The van der Waals surface area contributed by atoms with Crippen molar-refractivity contribution in [1.29, 1.82) is 0 Å². The number of esters is 1. The van der Waals surface area contributed by atoms with Gasteiger partial charge < -0.3 is 18.9 Å². The largest absolute Gasteiger partial charge is 0.497 e. The molecule has 0 saturated heterocycles. The Bertz CT molecular complexity index is 1170. The van der Waals surface area contributed by atoms with Crippen LogP contribution in [0.3, 0.4) is 0 Å². The smallest absolute Gasteiger partial charge is 0.302 e. The molecule has 0 radical (unpaired) electrons. The van der Waals surface area contributed by atoms with Gasteiger partial charge in [0, 0.05) is 13.5 Å². The first kappa shape index (κ1) is 25.3. The summed E-state index contributed by atoms with van der Waals surface area (Å²) in [6.07, 6.45) is 0. The van der Waals surface area contributed by atoms with Gasteiger partial charge in [0.25, 0.3) is 5.91 Å². The van der Waals surface area contributed by atoms with Gasteiger partial charge in [0.2, 0.25) is 16.8 Å². The fourth-order valence-corrected chi connectivity index (χ4v) is 5.67. The Morgan fingerprint density at radius 2 is 1.79 bits per heavy atom. The summed E-state index contributed by atoms with van der Waals surface area (Å²) in [5.74, 6) is -0.373. The van der Waals surface area contributed by atoms with Gasteiger partial charge in [-0.25, -0.2) is 13.9 Å². The lowest BCUT2D eigenvalue weighted by Gasteiger charge is -2.30. The zero-order valence-corrected chi connectivity index (χ0v) is 20.0. The average Bonchev–Trinajstić information content (AvgIpc) is 3.25. The third-order valence-electron chi connectivity index (χ3n) is 5.22. The predicted octanol–water partition coefficient (Wildman–Crippen LogP) is 1.67. The summed E-state index contributed by atoms with van der Waals surface area (Å²) < 4.78 is 49.6. The fraction of sp³-hybridized carbons (Fsp3) is 0.364. The maximum Gasteiger partial charge on any atom is 0.302 e. The van der Waals surface area contributed by atoms with Crippen LogP contribution in [0, 0.1) is 13.8 Å². The van der Waals surface area contributed by atoms with Crippen molar-refractivity contribution < 1.29 is 42.2 Å². The zero-order valence-electron chi connectivity index (χ0n) is 19.2. The lowest BCUT2D eigenvalue weighted by atomic mass is 10.1. The van der Waals surface area contributed by atoms with Gasteiger partial charge in [-0.1, -0.05) is 6.07 Å². The first-order valence-corrected chi connectivity index (χ1v) is 11.7. The van der Waals surface area contributed by atoms with Gasteiger partial charge in [-0.2, -0.15) is 4.31 Å². The number of methoxy groups -OCH3 is 1. The highest BCUT2D eigenvalue weighted by Crippen LogP contribution is 2.35. The number of ether oxygens (including phenoxy) is 4. The molecule has 0 aromatic heterocycles. The van der Waals surface area contributed by atoms with E-state index in [4.69, 9.17) is 18.9 Å². The Labute approximate surface area is 197 Å². The van der Waals surface area contributed by atoms with Gasteiger partial charge in [-0.05, 0) is 54.8 Å². The molecule has 0 spiro atoms. The topological polar surface area (TPSA) is 141 Å². The van der Waals surface area contributed by atoms with E-state index in [1.165, 1.54) is 12.6 Å². The van der Waals surface area contributed by atoms with Gasteiger partial charge >= 0.3 is 5.97 Å². The molecule has 0 fully saturated rings. The number of rotatable bonds is 9. The maximum absolute atomic E-state index is 13.9. The summed E-state index contributed by atoms with van der Waals surface area (Å²) in [5, 5.41) is 9.31. The summed E-state index contributed by atoms with van der Waals surface area (Å²) in [7, 11) is -2.89. The molecular formula is C22H26N2O9S. The van der Waals surface area contributed by atoms with Gasteiger partial charge in [-0.15, -0.1) is 0 Å². The van der Waals surface area contributed by atoms with Crippen LogP contribution in [-0.4, -0.2) is 56.4 Å². The lowest BCUT2D eigenvalue weighted by molar-refractivity contribution is -0.145. The van der Waals surface area contributed by atoms with Gasteiger partial charge in [0.1, 0.15) is 18.4 Å². The van der Waals surface area contributed by atoms with Gasteiger partial charge in [0.15, 0.2) is 11.5 Å². The quantitative estimate of drug-likeness (QED) is 0.302. The summed E-state index contributed by atoms with van der Waals surface area (Å²) in [5.41, 5.74) is 2.73. The number of hydrogen-bond acceptors (Lipinski definition) is 9. The van der Waals surface area contributed by atoms with E-state index in [1.807, 2.05) is 0 Å². The summed E-state index contributed by atoms with van der Waals surface area (Å²) in [6.45, 7) is 3.47. The van der Waals surface area contributed by atoms with Crippen molar-refractivity contribution in [3.8, 4) is 17.2 Å². The van der Waals surface area contributed by atoms with E-state index in [-0.39, 0.29) is 18.2 Å². The van der Waals surface area contributed by atoms with Crippen LogP contribution in [0.5, 0.6) is 17.2 Å². The number of nitrogens with zero attached hydrogens (tertiary/aromatic N) is 1. The second kappa shape index (κ2) is 10.3. The van der Waals surface area contributed by atoms with Crippen LogP contribution < -0.4 is 19.7 Å². The van der Waals surface area contributed by atoms with Crippen molar-refractivity contribution in [2.45, 2.75) is 38.3 Å². The molecule has 2 N–H and O–H groups in total. The number of nitrogens with one attached hydrogen (secondary N) is 1. The van der Waals surface area contributed by atoms with E-state index in [0.717, 1.165) is 11.2 Å². The number of hydrogen-bond donors (Lipinski definition) is 2. The molecule has 2 aromatic carbocycles. The third-order valence-corrected chi connectivity index (χ3v) is 7.38. The maximum atomic E-state index is 13.9. The highest BCUT2D eigenvalue weighted by Gasteiger charge is 2.39. The summed E-state index contributed by atoms with van der Waals surface area (Å²) >= 11 is 0. The number of aryl methyl sites for hydroxylation is 2. The first-order chi connectivity index (χ1) is 16.1. The fourth-order valence-electron chi connectivity index (χ4n) is 3.69. The van der Waals surface area contributed by atoms with E-state index in [1.54, 1.807) is 44.2 Å². The van der Waals surface area contributed by atoms with Crippen molar-refractivity contribution >= 4 is 21.9 Å². The highest BCUT2D eigenvalue weighted by molar-refractivity contribution is 7.89. The summed E-state index contributed by atoms with van der Waals surface area (Å²) in [6, 6.07) is 6.41.